The summed E-state index contributed by atoms with van der Waals surface area (Å²) in [5, 5.41) is 2.71. The molecule has 2 aromatic rings. The lowest BCUT2D eigenvalue weighted by molar-refractivity contribution is -0.111. The van der Waals surface area contributed by atoms with E-state index in [9.17, 15) is 13.2 Å². The quantitative estimate of drug-likeness (QED) is 0.680. The van der Waals surface area contributed by atoms with Gasteiger partial charge in [0.2, 0.25) is 15.9 Å². The molecule has 1 aliphatic rings. The Morgan fingerprint density at radius 3 is 2.33 bits per heavy atom. The maximum Gasteiger partial charge on any atom is 0.248 e. The second kappa shape index (κ2) is 9.77. The molecule has 1 fully saturated rings. The summed E-state index contributed by atoms with van der Waals surface area (Å²) in [5.41, 5.74) is 1.14. The number of hydrogen-bond acceptors (Lipinski definition) is 5. The van der Waals surface area contributed by atoms with Gasteiger partial charge in [-0.05, 0) is 54.8 Å². The zero-order valence-corrected chi connectivity index (χ0v) is 17.9. The normalized spacial score (nSPS) is 15.1. The summed E-state index contributed by atoms with van der Waals surface area (Å²) in [6, 6.07) is 11.8. The number of benzene rings is 2. The fraction of sp³-hybridized carbons (Fsp3) is 0.318. The van der Waals surface area contributed by atoms with Crippen LogP contribution in [0.2, 0.25) is 0 Å². The molecule has 8 heteroatoms. The number of anilines is 1. The van der Waals surface area contributed by atoms with Crippen molar-refractivity contribution in [1.82, 2.24) is 4.31 Å². The van der Waals surface area contributed by atoms with Crippen molar-refractivity contribution in [3.05, 3.63) is 54.1 Å². The van der Waals surface area contributed by atoms with E-state index >= 15 is 0 Å². The minimum atomic E-state index is -3.61. The summed E-state index contributed by atoms with van der Waals surface area (Å²) < 4.78 is 37.8. The Morgan fingerprint density at radius 1 is 1.00 bits per heavy atom. The maximum atomic E-state index is 12.9. The van der Waals surface area contributed by atoms with Crippen LogP contribution in [-0.4, -0.2) is 45.9 Å². The fourth-order valence-electron chi connectivity index (χ4n) is 3.26. The number of sulfonamides is 1. The van der Waals surface area contributed by atoms with Crippen molar-refractivity contribution in [3.63, 3.8) is 0 Å². The van der Waals surface area contributed by atoms with Gasteiger partial charge in [-0.15, -0.1) is 0 Å². The number of hydrogen-bond donors (Lipinski definition) is 1. The third-order valence-corrected chi connectivity index (χ3v) is 6.82. The van der Waals surface area contributed by atoms with Crippen LogP contribution >= 0.6 is 0 Å². The van der Waals surface area contributed by atoms with Crippen molar-refractivity contribution < 1.29 is 22.7 Å². The van der Waals surface area contributed by atoms with E-state index < -0.39 is 15.9 Å². The highest BCUT2D eigenvalue weighted by Crippen LogP contribution is 2.30. The summed E-state index contributed by atoms with van der Waals surface area (Å²) >= 11 is 0. The molecule has 0 aromatic heterocycles. The molecule has 0 bridgehead atoms. The molecule has 30 heavy (non-hydrogen) atoms. The summed E-state index contributed by atoms with van der Waals surface area (Å²) in [7, 11) is -0.553. The molecule has 1 amide bonds. The van der Waals surface area contributed by atoms with Crippen LogP contribution in [0.3, 0.4) is 0 Å². The maximum absolute atomic E-state index is 12.9. The van der Waals surface area contributed by atoms with E-state index in [-0.39, 0.29) is 4.90 Å². The highest BCUT2D eigenvalue weighted by molar-refractivity contribution is 7.89. The average molecular weight is 431 g/mol. The molecule has 1 saturated heterocycles. The van der Waals surface area contributed by atoms with Crippen LogP contribution in [0.5, 0.6) is 11.5 Å². The van der Waals surface area contributed by atoms with Crippen LogP contribution in [0, 0.1) is 0 Å². The molecule has 3 rings (SSSR count). The Morgan fingerprint density at radius 2 is 1.70 bits per heavy atom. The van der Waals surface area contributed by atoms with Crippen LogP contribution in [-0.2, 0) is 14.8 Å². The van der Waals surface area contributed by atoms with E-state index in [2.05, 4.69) is 5.32 Å². The summed E-state index contributed by atoms with van der Waals surface area (Å²) in [6.45, 7) is 1.03. The largest absolute Gasteiger partial charge is 0.497 e. The number of ether oxygens (including phenoxy) is 2. The van der Waals surface area contributed by atoms with Crippen molar-refractivity contribution in [2.75, 3.05) is 32.6 Å². The predicted octanol–water partition coefficient (Wildman–Crippen LogP) is 3.53. The molecule has 1 heterocycles. The fourth-order valence-corrected chi connectivity index (χ4v) is 4.80. The van der Waals surface area contributed by atoms with Gasteiger partial charge < -0.3 is 14.8 Å². The Bertz CT molecular complexity index is 1010. The van der Waals surface area contributed by atoms with E-state index in [1.165, 1.54) is 29.6 Å². The van der Waals surface area contributed by atoms with E-state index in [1.54, 1.807) is 31.4 Å². The molecule has 7 nitrogen and oxygen atoms in total. The number of carbonyl (C=O) groups excluding carboxylic acids is 1. The first-order valence-corrected chi connectivity index (χ1v) is 11.2. The van der Waals surface area contributed by atoms with Crippen molar-refractivity contribution in [2.45, 2.75) is 24.2 Å². The monoisotopic (exact) mass is 430 g/mol. The molecule has 1 aliphatic heterocycles. The zero-order chi connectivity index (χ0) is 21.6. The second-order valence-electron chi connectivity index (χ2n) is 6.92. The first-order valence-electron chi connectivity index (χ1n) is 9.75. The Kier molecular flexibility index (Phi) is 7.12. The molecule has 0 atom stereocenters. The van der Waals surface area contributed by atoms with Gasteiger partial charge in [0.25, 0.3) is 0 Å². The topological polar surface area (TPSA) is 84.9 Å². The van der Waals surface area contributed by atoms with Gasteiger partial charge in [0, 0.05) is 19.2 Å². The predicted molar refractivity (Wildman–Crippen MR) is 116 cm³/mol. The first kappa shape index (κ1) is 21.9. The molecule has 0 spiro atoms. The van der Waals surface area contributed by atoms with Gasteiger partial charge in [-0.3, -0.25) is 4.79 Å². The Labute approximate surface area is 177 Å². The number of nitrogens with one attached hydrogen (secondary N) is 1. The third-order valence-electron chi connectivity index (χ3n) is 4.92. The van der Waals surface area contributed by atoms with Crippen LogP contribution in [0.1, 0.15) is 24.8 Å². The molecule has 160 valence electrons. The molecule has 0 unspecified atom stereocenters. The summed E-state index contributed by atoms with van der Waals surface area (Å²) in [5.74, 6) is 0.725. The van der Waals surface area contributed by atoms with Crippen molar-refractivity contribution >= 4 is 27.7 Å². The molecule has 0 saturated carbocycles. The third kappa shape index (κ3) is 5.20. The zero-order valence-electron chi connectivity index (χ0n) is 17.1. The van der Waals surface area contributed by atoms with E-state index in [0.29, 0.717) is 24.5 Å². The highest BCUT2D eigenvalue weighted by atomic mass is 32.2. The van der Waals surface area contributed by atoms with Crippen LogP contribution < -0.4 is 14.8 Å². The van der Waals surface area contributed by atoms with Gasteiger partial charge in [-0.2, -0.15) is 4.31 Å². The molecule has 0 aliphatic carbocycles. The summed E-state index contributed by atoms with van der Waals surface area (Å²) in [6.07, 6.45) is 5.80. The highest BCUT2D eigenvalue weighted by Gasteiger charge is 2.26. The molecular weight excluding hydrogens is 404 g/mol. The van der Waals surface area contributed by atoms with Crippen molar-refractivity contribution in [2.24, 2.45) is 0 Å². The van der Waals surface area contributed by atoms with Gasteiger partial charge in [0.15, 0.2) is 0 Å². The Hall–Kier alpha value is -2.84. The van der Waals surface area contributed by atoms with Crippen molar-refractivity contribution in [3.8, 4) is 11.5 Å². The standard InChI is InChI=1S/C22H26N2O5S/c1-28-18-9-6-17(7-10-18)8-13-22(25)23-20-16-19(11-12-21(20)29-2)30(26,27)24-14-4-3-5-15-24/h6-13,16H,3-5,14-15H2,1-2H3,(H,23,25). The number of amides is 1. The number of nitrogens with zero attached hydrogens (tertiary/aromatic N) is 1. The molecule has 2 aromatic carbocycles. The van der Waals surface area contributed by atoms with Gasteiger partial charge in [0.1, 0.15) is 11.5 Å². The van der Waals surface area contributed by atoms with Crippen LogP contribution in [0.4, 0.5) is 5.69 Å². The summed E-state index contributed by atoms with van der Waals surface area (Å²) in [4.78, 5) is 12.5. The minimum absolute atomic E-state index is 0.139. The lowest BCUT2D eigenvalue weighted by Gasteiger charge is -2.26. The van der Waals surface area contributed by atoms with Crippen molar-refractivity contribution in [1.29, 1.82) is 0 Å². The minimum Gasteiger partial charge on any atom is -0.497 e. The number of carbonyl (C=O) groups is 1. The first-order chi connectivity index (χ1) is 14.4. The number of piperidine rings is 1. The van der Waals surface area contributed by atoms with Crippen LogP contribution in [0.15, 0.2) is 53.4 Å². The van der Waals surface area contributed by atoms with Gasteiger partial charge in [0.05, 0.1) is 24.8 Å². The smallest absolute Gasteiger partial charge is 0.248 e. The molecule has 0 radical (unpaired) electrons. The van der Waals surface area contributed by atoms with E-state index in [4.69, 9.17) is 9.47 Å². The van der Waals surface area contributed by atoms with Gasteiger partial charge in [-0.1, -0.05) is 18.6 Å². The SMILES string of the molecule is COc1ccc(C=CC(=O)Nc2cc(S(=O)(=O)N3CCCCC3)ccc2OC)cc1. The Balaban J connectivity index is 1.77. The second-order valence-corrected chi connectivity index (χ2v) is 8.86. The van der Waals surface area contributed by atoms with E-state index in [1.807, 2.05) is 12.1 Å². The average Bonchev–Trinajstić information content (AvgIpc) is 2.78. The molecular formula is C22H26N2O5S. The van der Waals surface area contributed by atoms with Gasteiger partial charge >= 0.3 is 0 Å². The molecule has 1 N–H and O–H groups in total. The lowest BCUT2D eigenvalue weighted by atomic mass is 10.2. The van der Waals surface area contributed by atoms with E-state index in [0.717, 1.165) is 30.6 Å². The van der Waals surface area contributed by atoms with Gasteiger partial charge in [-0.25, -0.2) is 8.42 Å². The lowest BCUT2D eigenvalue weighted by Crippen LogP contribution is -2.35. The number of rotatable bonds is 7. The number of methoxy groups -OCH3 is 2. The van der Waals surface area contributed by atoms with Crippen LogP contribution in [0.25, 0.3) is 6.08 Å².